The van der Waals surface area contributed by atoms with Crippen molar-refractivity contribution >= 4 is 16.4 Å². The third-order valence-electron chi connectivity index (χ3n) is 2.49. The van der Waals surface area contributed by atoms with Crippen LogP contribution in [0.4, 0.5) is 4.39 Å². The second kappa shape index (κ2) is 4.54. The Morgan fingerprint density at radius 2 is 2.22 bits per heavy atom. The summed E-state index contributed by atoms with van der Waals surface area (Å²) in [6.07, 6.45) is 0.187. The molecule has 98 valence electrons. The number of ether oxygens (including phenoxy) is 1. The summed E-state index contributed by atoms with van der Waals surface area (Å²) >= 11 is 0. The first-order valence-electron chi connectivity index (χ1n) is 5.00. The molecule has 0 saturated carbocycles. The number of hydrogen-bond donors (Lipinski definition) is 1. The number of halogens is 1. The molecular formula is C10H9FO6S. The van der Waals surface area contributed by atoms with E-state index in [9.17, 15) is 17.6 Å². The number of carbonyl (C=O) groups is 1. The molecule has 0 fully saturated rings. The van der Waals surface area contributed by atoms with E-state index in [-0.39, 0.29) is 18.8 Å². The minimum Gasteiger partial charge on any atom is -0.493 e. The van der Waals surface area contributed by atoms with Crippen molar-refractivity contribution in [3.05, 3.63) is 29.6 Å². The fraction of sp³-hybridized carbons (Fsp3) is 0.300. The van der Waals surface area contributed by atoms with Crippen LogP contribution in [0.3, 0.4) is 0 Å². The highest BCUT2D eigenvalue weighted by atomic mass is 32.3. The van der Waals surface area contributed by atoms with Gasteiger partial charge in [-0.1, -0.05) is 6.07 Å². The van der Waals surface area contributed by atoms with Crippen LogP contribution in [0.1, 0.15) is 17.9 Å². The highest BCUT2D eigenvalue weighted by Crippen LogP contribution is 2.35. The van der Waals surface area contributed by atoms with Crippen LogP contribution in [0, 0.1) is 5.82 Å². The van der Waals surface area contributed by atoms with Gasteiger partial charge in [0.15, 0.2) is 0 Å². The molecule has 0 bridgehead atoms. The van der Waals surface area contributed by atoms with Crippen LogP contribution in [0.2, 0.25) is 0 Å². The molecule has 1 aliphatic heterocycles. The quantitative estimate of drug-likeness (QED) is 0.812. The van der Waals surface area contributed by atoms with Crippen molar-refractivity contribution in [2.45, 2.75) is 12.3 Å². The predicted molar refractivity (Wildman–Crippen MR) is 56.9 cm³/mol. The molecular weight excluding hydrogens is 267 g/mol. The largest absolute Gasteiger partial charge is 0.493 e. The van der Waals surface area contributed by atoms with Crippen LogP contribution < -0.4 is 4.74 Å². The first kappa shape index (κ1) is 12.8. The van der Waals surface area contributed by atoms with Gasteiger partial charge in [-0.15, -0.1) is 0 Å². The van der Waals surface area contributed by atoms with E-state index in [1.54, 1.807) is 0 Å². The molecule has 0 aromatic heterocycles. The van der Waals surface area contributed by atoms with E-state index < -0.39 is 28.1 Å². The molecule has 0 aliphatic carbocycles. The Labute approximate surface area is 102 Å². The fourth-order valence-electron chi connectivity index (χ4n) is 1.77. The summed E-state index contributed by atoms with van der Waals surface area (Å²) in [7, 11) is -4.85. The molecule has 6 nitrogen and oxygen atoms in total. The molecule has 1 aromatic rings. The summed E-state index contributed by atoms with van der Waals surface area (Å²) in [6, 6.07) is 3.54. The summed E-state index contributed by atoms with van der Waals surface area (Å²) in [6.45, 7) is 0.127. The van der Waals surface area contributed by atoms with Gasteiger partial charge in [0.05, 0.1) is 12.5 Å². The van der Waals surface area contributed by atoms with Crippen LogP contribution in [0.25, 0.3) is 0 Å². The van der Waals surface area contributed by atoms with Gasteiger partial charge in [-0.05, 0) is 12.5 Å². The third kappa shape index (κ3) is 2.77. The summed E-state index contributed by atoms with van der Waals surface area (Å²) < 4.78 is 51.4. The molecule has 0 saturated heterocycles. The van der Waals surface area contributed by atoms with Crippen molar-refractivity contribution in [1.29, 1.82) is 0 Å². The average Bonchev–Trinajstić information content (AvgIpc) is 2.25. The number of benzene rings is 1. The lowest BCUT2D eigenvalue weighted by atomic mass is 9.93. The molecule has 2 rings (SSSR count). The van der Waals surface area contributed by atoms with Gasteiger partial charge in [-0.2, -0.15) is 8.42 Å². The van der Waals surface area contributed by atoms with Crippen LogP contribution in [-0.4, -0.2) is 25.5 Å². The summed E-state index contributed by atoms with van der Waals surface area (Å²) in [5.74, 6) is -2.39. The lowest BCUT2D eigenvalue weighted by molar-refractivity contribution is -0.136. The standard InChI is InChI=1S/C10H9FO6S/c11-6-1-2-7-8(3-4-16-9(7)5-6)10(12)17-18(13,14)15/h1-2,5,8H,3-4H2,(H,13,14,15). The van der Waals surface area contributed by atoms with E-state index >= 15 is 0 Å². The number of carbonyl (C=O) groups excluding carboxylic acids is 1. The predicted octanol–water partition coefficient (Wildman–Crippen LogP) is 1.04. The molecule has 1 aliphatic rings. The van der Waals surface area contributed by atoms with E-state index in [0.29, 0.717) is 5.56 Å². The summed E-state index contributed by atoms with van der Waals surface area (Å²) in [4.78, 5) is 11.6. The van der Waals surface area contributed by atoms with Gasteiger partial charge in [0, 0.05) is 11.6 Å². The smallest absolute Gasteiger partial charge is 0.448 e. The van der Waals surface area contributed by atoms with Gasteiger partial charge in [0.25, 0.3) is 0 Å². The van der Waals surface area contributed by atoms with E-state index in [0.717, 1.165) is 12.1 Å². The Morgan fingerprint density at radius 1 is 1.50 bits per heavy atom. The first-order chi connectivity index (χ1) is 8.37. The molecule has 1 unspecified atom stereocenters. The molecule has 18 heavy (non-hydrogen) atoms. The summed E-state index contributed by atoms with van der Waals surface area (Å²) in [5.41, 5.74) is 0.330. The van der Waals surface area contributed by atoms with Crippen LogP contribution in [0.5, 0.6) is 5.75 Å². The van der Waals surface area contributed by atoms with Crippen molar-refractivity contribution in [2.24, 2.45) is 0 Å². The van der Waals surface area contributed by atoms with E-state index in [2.05, 4.69) is 4.18 Å². The van der Waals surface area contributed by atoms with E-state index in [1.165, 1.54) is 6.07 Å². The van der Waals surface area contributed by atoms with Crippen molar-refractivity contribution < 1.29 is 31.1 Å². The molecule has 8 heteroatoms. The monoisotopic (exact) mass is 276 g/mol. The van der Waals surface area contributed by atoms with Crippen LogP contribution in [0.15, 0.2) is 18.2 Å². The lowest BCUT2D eigenvalue weighted by Gasteiger charge is -2.23. The minimum atomic E-state index is -4.85. The van der Waals surface area contributed by atoms with E-state index in [1.807, 2.05) is 0 Å². The zero-order chi connectivity index (χ0) is 13.3. The lowest BCUT2D eigenvalue weighted by Crippen LogP contribution is -2.25. The van der Waals surface area contributed by atoms with E-state index in [4.69, 9.17) is 9.29 Å². The van der Waals surface area contributed by atoms with Crippen LogP contribution in [-0.2, 0) is 19.4 Å². The second-order valence-electron chi connectivity index (χ2n) is 3.70. The average molecular weight is 276 g/mol. The fourth-order valence-corrected chi connectivity index (χ4v) is 2.09. The number of fused-ring (bicyclic) bond motifs is 1. The molecule has 1 heterocycles. The highest BCUT2D eigenvalue weighted by molar-refractivity contribution is 7.81. The van der Waals surface area contributed by atoms with Gasteiger partial charge in [0.2, 0.25) is 0 Å². The van der Waals surface area contributed by atoms with Gasteiger partial charge in [0.1, 0.15) is 11.6 Å². The van der Waals surface area contributed by atoms with Crippen molar-refractivity contribution in [3.8, 4) is 5.75 Å². The Hall–Kier alpha value is -1.67. The maximum atomic E-state index is 13.0. The molecule has 1 atom stereocenters. The third-order valence-corrected chi connectivity index (χ3v) is 2.86. The zero-order valence-electron chi connectivity index (χ0n) is 9.00. The Kier molecular flexibility index (Phi) is 3.22. The van der Waals surface area contributed by atoms with Gasteiger partial charge >= 0.3 is 16.4 Å². The Bertz CT molecular complexity index is 582. The zero-order valence-corrected chi connectivity index (χ0v) is 9.81. The van der Waals surface area contributed by atoms with Crippen molar-refractivity contribution in [2.75, 3.05) is 6.61 Å². The van der Waals surface area contributed by atoms with Crippen molar-refractivity contribution in [1.82, 2.24) is 0 Å². The molecule has 0 spiro atoms. The van der Waals surface area contributed by atoms with Gasteiger partial charge < -0.3 is 8.92 Å². The topological polar surface area (TPSA) is 89.9 Å². The van der Waals surface area contributed by atoms with Crippen molar-refractivity contribution in [3.63, 3.8) is 0 Å². The van der Waals surface area contributed by atoms with Gasteiger partial charge in [-0.25, -0.2) is 4.39 Å². The van der Waals surface area contributed by atoms with Crippen LogP contribution >= 0.6 is 0 Å². The minimum absolute atomic E-state index is 0.127. The molecule has 0 amide bonds. The maximum absolute atomic E-state index is 13.0. The maximum Gasteiger partial charge on any atom is 0.448 e. The second-order valence-corrected chi connectivity index (χ2v) is 4.72. The summed E-state index contributed by atoms with van der Waals surface area (Å²) in [5, 5.41) is 0. The first-order valence-corrected chi connectivity index (χ1v) is 6.36. The molecule has 1 aromatic carbocycles. The molecule has 1 N–H and O–H groups in total. The number of rotatable bonds is 2. The Balaban J connectivity index is 2.30. The normalized spacial score (nSPS) is 18.7. The SMILES string of the molecule is O=C(OS(=O)(=O)O)C1CCOc2cc(F)ccc21. The molecule has 0 radical (unpaired) electrons. The number of hydrogen-bond acceptors (Lipinski definition) is 5. The van der Waals surface area contributed by atoms with Gasteiger partial charge in [-0.3, -0.25) is 9.35 Å². The Morgan fingerprint density at radius 3 is 2.89 bits per heavy atom. The highest BCUT2D eigenvalue weighted by Gasteiger charge is 2.31.